The first kappa shape index (κ1) is 49.7. The second-order valence-electron chi connectivity index (χ2n) is 14.0. The third kappa shape index (κ3) is 35.5. The van der Waals surface area contributed by atoms with Gasteiger partial charge in [-0.1, -0.05) is 153 Å². The van der Waals surface area contributed by atoms with Crippen molar-refractivity contribution in [2.75, 3.05) is 19.8 Å². The van der Waals surface area contributed by atoms with Gasteiger partial charge in [-0.3, -0.25) is 13.8 Å². The standard InChI is InChI=1S/C41H79N2O7P/c1-3-5-7-9-11-13-15-16-17-18-19-20-21-23-25-27-29-31-33-40(45)39(37-50-51(47,48)49-35-34-42)43-41(46)36-38(44)32-30-28-26-24-22-14-12-10-8-6-4-2/h23-26,31,33,38-40,44-45H,3-22,27-30,32,34-37,42H2,1-2H3,(H,43,46)(H,47,48)/b25-23+,26-24-,33-31+. The number of carbonyl (C=O) groups is 1. The van der Waals surface area contributed by atoms with Crippen LogP contribution < -0.4 is 11.1 Å². The molecule has 1 amide bonds. The number of nitrogens with two attached hydrogens (primary N) is 1. The fourth-order valence-electron chi connectivity index (χ4n) is 5.84. The molecule has 0 aromatic rings. The highest BCUT2D eigenvalue weighted by molar-refractivity contribution is 7.47. The lowest BCUT2D eigenvalue weighted by Crippen LogP contribution is -2.46. The van der Waals surface area contributed by atoms with Gasteiger partial charge in [-0.05, 0) is 57.8 Å². The molecule has 0 saturated carbocycles. The molecular weight excluding hydrogens is 663 g/mol. The molecule has 9 nitrogen and oxygen atoms in total. The monoisotopic (exact) mass is 743 g/mol. The zero-order valence-electron chi connectivity index (χ0n) is 32.7. The van der Waals surface area contributed by atoms with Gasteiger partial charge in [0.2, 0.25) is 5.91 Å². The number of phosphoric acid groups is 1. The van der Waals surface area contributed by atoms with Crippen LogP contribution in [0.4, 0.5) is 0 Å². The van der Waals surface area contributed by atoms with E-state index in [9.17, 15) is 24.5 Å². The number of aliphatic hydroxyl groups is 2. The Morgan fingerprint density at radius 1 is 0.667 bits per heavy atom. The zero-order chi connectivity index (χ0) is 37.7. The maximum Gasteiger partial charge on any atom is 0.472 e. The summed E-state index contributed by atoms with van der Waals surface area (Å²) in [5, 5.41) is 23.9. The first-order valence-corrected chi connectivity index (χ1v) is 22.2. The summed E-state index contributed by atoms with van der Waals surface area (Å²) < 4.78 is 22.0. The summed E-state index contributed by atoms with van der Waals surface area (Å²) in [4.78, 5) is 22.7. The van der Waals surface area contributed by atoms with Crippen molar-refractivity contribution in [1.29, 1.82) is 0 Å². The minimum atomic E-state index is -4.41. The molecular formula is C41H79N2O7P. The fraction of sp³-hybridized carbons (Fsp3) is 0.829. The van der Waals surface area contributed by atoms with Gasteiger partial charge in [-0.15, -0.1) is 0 Å². The van der Waals surface area contributed by atoms with Gasteiger partial charge in [-0.2, -0.15) is 0 Å². The molecule has 0 heterocycles. The number of nitrogens with one attached hydrogen (secondary N) is 1. The molecule has 0 aliphatic carbocycles. The van der Waals surface area contributed by atoms with Gasteiger partial charge in [0.25, 0.3) is 0 Å². The number of allylic oxidation sites excluding steroid dienone is 5. The van der Waals surface area contributed by atoms with Crippen molar-refractivity contribution in [2.24, 2.45) is 5.73 Å². The molecule has 0 aliphatic heterocycles. The van der Waals surface area contributed by atoms with Crippen molar-refractivity contribution in [2.45, 2.75) is 199 Å². The highest BCUT2D eigenvalue weighted by Gasteiger charge is 2.27. The van der Waals surface area contributed by atoms with E-state index in [4.69, 9.17) is 14.8 Å². The van der Waals surface area contributed by atoms with Gasteiger partial charge in [0.15, 0.2) is 0 Å². The van der Waals surface area contributed by atoms with E-state index in [1.54, 1.807) is 6.08 Å². The van der Waals surface area contributed by atoms with Crippen LogP contribution in [-0.4, -0.2) is 59.0 Å². The van der Waals surface area contributed by atoms with E-state index in [0.717, 1.165) is 32.1 Å². The first-order valence-electron chi connectivity index (χ1n) is 20.7. The van der Waals surface area contributed by atoms with Gasteiger partial charge in [0.05, 0.1) is 37.9 Å². The van der Waals surface area contributed by atoms with Crippen molar-refractivity contribution < 1.29 is 33.5 Å². The van der Waals surface area contributed by atoms with Gasteiger partial charge >= 0.3 is 7.82 Å². The summed E-state index contributed by atoms with van der Waals surface area (Å²) in [6, 6.07) is -1.01. The molecule has 0 aliphatic rings. The number of carbonyl (C=O) groups excluding carboxylic acids is 1. The molecule has 0 aromatic heterocycles. The predicted octanol–water partition coefficient (Wildman–Crippen LogP) is 10.1. The van der Waals surface area contributed by atoms with E-state index in [-0.39, 0.29) is 19.6 Å². The Labute approximate surface area is 312 Å². The van der Waals surface area contributed by atoms with Crippen molar-refractivity contribution in [1.82, 2.24) is 5.32 Å². The highest BCUT2D eigenvalue weighted by Crippen LogP contribution is 2.43. The van der Waals surface area contributed by atoms with Gasteiger partial charge in [0.1, 0.15) is 0 Å². The second kappa shape index (κ2) is 37.0. The fourth-order valence-corrected chi connectivity index (χ4v) is 6.60. The van der Waals surface area contributed by atoms with Crippen molar-refractivity contribution >= 4 is 13.7 Å². The van der Waals surface area contributed by atoms with Crippen LogP contribution >= 0.6 is 7.82 Å². The van der Waals surface area contributed by atoms with Crippen LogP contribution in [0.1, 0.15) is 181 Å². The van der Waals surface area contributed by atoms with Crippen LogP contribution in [0.15, 0.2) is 36.5 Å². The Kier molecular flexibility index (Phi) is 36.1. The molecule has 51 heavy (non-hydrogen) atoms. The van der Waals surface area contributed by atoms with E-state index < -0.39 is 38.6 Å². The minimum absolute atomic E-state index is 0.0417. The first-order chi connectivity index (χ1) is 24.8. The Bertz CT molecular complexity index is 914. The molecule has 300 valence electrons. The Morgan fingerprint density at radius 3 is 1.63 bits per heavy atom. The lowest BCUT2D eigenvalue weighted by molar-refractivity contribution is -0.124. The molecule has 0 radical (unpaired) electrons. The number of phosphoric ester groups is 1. The lowest BCUT2D eigenvalue weighted by atomic mass is 10.0. The number of aliphatic hydroxyl groups excluding tert-OH is 2. The normalized spacial score (nSPS) is 15.2. The van der Waals surface area contributed by atoms with E-state index in [0.29, 0.717) is 12.8 Å². The van der Waals surface area contributed by atoms with Gasteiger partial charge in [-0.25, -0.2) is 4.57 Å². The number of hydrogen-bond donors (Lipinski definition) is 5. The van der Waals surface area contributed by atoms with Gasteiger partial charge < -0.3 is 26.2 Å². The topological polar surface area (TPSA) is 151 Å². The number of unbranched alkanes of at least 4 members (excludes halogenated alkanes) is 20. The molecule has 0 saturated heterocycles. The average Bonchev–Trinajstić information content (AvgIpc) is 3.10. The van der Waals surface area contributed by atoms with Crippen LogP contribution in [0, 0.1) is 0 Å². The SMILES string of the molecule is CCCCCCCC/C=C\CCCC(O)CC(=O)NC(COP(=O)(O)OCCN)C(O)/C=C/CC/C=C/CCCCCCCCCCCCCC. The third-order valence-corrected chi connectivity index (χ3v) is 9.98. The molecule has 0 aromatic carbocycles. The Morgan fingerprint density at radius 2 is 1.12 bits per heavy atom. The summed E-state index contributed by atoms with van der Waals surface area (Å²) in [6.45, 7) is 3.91. The van der Waals surface area contributed by atoms with Crippen molar-refractivity contribution in [3.63, 3.8) is 0 Å². The van der Waals surface area contributed by atoms with E-state index in [1.807, 2.05) is 6.08 Å². The van der Waals surface area contributed by atoms with Crippen molar-refractivity contribution in [3.05, 3.63) is 36.5 Å². The minimum Gasteiger partial charge on any atom is -0.393 e. The summed E-state index contributed by atoms with van der Waals surface area (Å²) in [5.74, 6) is -0.474. The van der Waals surface area contributed by atoms with Crippen LogP contribution in [0.3, 0.4) is 0 Å². The predicted molar refractivity (Wildman–Crippen MR) is 214 cm³/mol. The summed E-state index contributed by atoms with van der Waals surface area (Å²) in [7, 11) is -4.41. The van der Waals surface area contributed by atoms with E-state index in [2.05, 4.69) is 43.5 Å². The van der Waals surface area contributed by atoms with E-state index in [1.165, 1.54) is 116 Å². The molecule has 10 heteroatoms. The van der Waals surface area contributed by atoms with Crippen LogP contribution in [0.2, 0.25) is 0 Å². The van der Waals surface area contributed by atoms with E-state index >= 15 is 0 Å². The molecule has 4 atom stereocenters. The molecule has 0 fully saturated rings. The Balaban J connectivity index is 4.45. The highest BCUT2D eigenvalue weighted by atomic mass is 31.2. The largest absolute Gasteiger partial charge is 0.472 e. The summed E-state index contributed by atoms with van der Waals surface area (Å²) in [6.07, 6.45) is 39.5. The van der Waals surface area contributed by atoms with Crippen LogP contribution in [0.25, 0.3) is 0 Å². The third-order valence-electron chi connectivity index (χ3n) is 8.99. The maximum atomic E-state index is 12.7. The lowest BCUT2D eigenvalue weighted by Gasteiger charge is -2.24. The quantitative estimate of drug-likeness (QED) is 0.0238. The molecule has 0 bridgehead atoms. The average molecular weight is 743 g/mol. The smallest absolute Gasteiger partial charge is 0.393 e. The zero-order valence-corrected chi connectivity index (χ0v) is 33.6. The maximum absolute atomic E-state index is 12.7. The molecule has 0 spiro atoms. The summed E-state index contributed by atoms with van der Waals surface area (Å²) >= 11 is 0. The van der Waals surface area contributed by atoms with Crippen LogP contribution in [-0.2, 0) is 18.4 Å². The second-order valence-corrected chi connectivity index (χ2v) is 15.5. The van der Waals surface area contributed by atoms with Gasteiger partial charge in [0, 0.05) is 6.54 Å². The molecule has 0 rings (SSSR count). The summed E-state index contributed by atoms with van der Waals surface area (Å²) in [5.41, 5.74) is 5.35. The number of rotatable bonds is 38. The van der Waals surface area contributed by atoms with Crippen LogP contribution in [0.5, 0.6) is 0 Å². The number of amides is 1. The number of hydrogen-bond acceptors (Lipinski definition) is 7. The molecule has 6 N–H and O–H groups in total. The Hall–Kier alpha value is -1.32. The van der Waals surface area contributed by atoms with Crippen molar-refractivity contribution in [3.8, 4) is 0 Å². The molecule has 4 unspecified atom stereocenters.